The van der Waals surface area contributed by atoms with Crippen LogP contribution in [0.4, 0.5) is 11.5 Å². The summed E-state index contributed by atoms with van der Waals surface area (Å²) in [5.41, 5.74) is -0.130. The standard InChI is InChI=1S/C14H20BrN3O3/c1-3-14(4-2)8-11(5-6-21-14)17-13-12(18(19)20)7-10(15)9-16-13/h7,9,11H,3-6,8H2,1-2H3,(H,16,17). The van der Waals surface area contributed by atoms with E-state index in [2.05, 4.69) is 40.1 Å². The Balaban J connectivity index is 2.16. The molecule has 1 saturated heterocycles. The molecule has 0 amide bonds. The zero-order valence-electron chi connectivity index (χ0n) is 12.3. The lowest BCUT2D eigenvalue weighted by atomic mass is 9.86. The molecular weight excluding hydrogens is 338 g/mol. The number of hydrogen-bond donors (Lipinski definition) is 1. The van der Waals surface area contributed by atoms with Gasteiger partial charge >= 0.3 is 5.69 Å². The molecule has 0 aromatic carbocycles. The van der Waals surface area contributed by atoms with Crippen molar-refractivity contribution in [3.05, 3.63) is 26.9 Å². The third kappa shape index (κ3) is 3.71. The van der Waals surface area contributed by atoms with Crippen LogP contribution in [-0.2, 0) is 4.74 Å². The van der Waals surface area contributed by atoms with E-state index in [1.165, 1.54) is 6.07 Å². The minimum absolute atomic E-state index is 0.00513. The molecular formula is C14H20BrN3O3. The SMILES string of the molecule is CCC1(CC)CC(Nc2ncc(Br)cc2[N+](=O)[O-])CCO1. The predicted octanol–water partition coefficient (Wildman–Crippen LogP) is 3.90. The van der Waals surface area contributed by atoms with E-state index in [-0.39, 0.29) is 17.3 Å². The van der Waals surface area contributed by atoms with E-state index < -0.39 is 4.92 Å². The molecule has 1 aliphatic rings. The van der Waals surface area contributed by atoms with Crippen molar-refractivity contribution in [1.29, 1.82) is 0 Å². The summed E-state index contributed by atoms with van der Waals surface area (Å²) in [4.78, 5) is 14.9. The molecule has 0 spiro atoms. The van der Waals surface area contributed by atoms with Crippen molar-refractivity contribution in [3.63, 3.8) is 0 Å². The smallest absolute Gasteiger partial charge is 0.312 e. The highest BCUT2D eigenvalue weighted by molar-refractivity contribution is 9.10. The number of halogens is 1. The lowest BCUT2D eigenvalue weighted by Gasteiger charge is -2.40. The summed E-state index contributed by atoms with van der Waals surface area (Å²) in [6.07, 6.45) is 5.13. The van der Waals surface area contributed by atoms with Crippen LogP contribution >= 0.6 is 15.9 Å². The van der Waals surface area contributed by atoms with Crippen LogP contribution in [0.1, 0.15) is 39.5 Å². The van der Waals surface area contributed by atoms with Crippen molar-refractivity contribution in [2.75, 3.05) is 11.9 Å². The van der Waals surface area contributed by atoms with Gasteiger partial charge in [0.2, 0.25) is 5.82 Å². The molecule has 1 aliphatic heterocycles. The Labute approximate surface area is 132 Å². The van der Waals surface area contributed by atoms with Gasteiger partial charge in [-0.15, -0.1) is 0 Å². The van der Waals surface area contributed by atoms with E-state index in [4.69, 9.17) is 4.74 Å². The first kappa shape index (κ1) is 16.2. The van der Waals surface area contributed by atoms with Crippen molar-refractivity contribution in [2.45, 2.75) is 51.2 Å². The molecule has 2 heterocycles. The molecule has 7 heteroatoms. The van der Waals surface area contributed by atoms with Crippen LogP contribution in [0.3, 0.4) is 0 Å². The Morgan fingerprint density at radius 3 is 2.90 bits per heavy atom. The van der Waals surface area contributed by atoms with Crippen LogP contribution < -0.4 is 5.32 Å². The van der Waals surface area contributed by atoms with Gasteiger partial charge in [0.15, 0.2) is 0 Å². The van der Waals surface area contributed by atoms with Gasteiger partial charge in [-0.2, -0.15) is 0 Å². The van der Waals surface area contributed by atoms with Gasteiger partial charge in [-0.3, -0.25) is 10.1 Å². The normalized spacial score (nSPS) is 21.0. The van der Waals surface area contributed by atoms with Crippen LogP contribution in [0.2, 0.25) is 0 Å². The second-order valence-corrected chi connectivity index (χ2v) is 6.27. The van der Waals surface area contributed by atoms with Crippen molar-refractivity contribution in [2.24, 2.45) is 0 Å². The van der Waals surface area contributed by atoms with E-state index in [9.17, 15) is 10.1 Å². The van der Waals surface area contributed by atoms with E-state index >= 15 is 0 Å². The Kier molecular flexibility index (Phi) is 5.16. The average molecular weight is 358 g/mol. The Bertz CT molecular complexity index is 520. The summed E-state index contributed by atoms with van der Waals surface area (Å²) in [6.45, 7) is 4.90. The minimum Gasteiger partial charge on any atom is -0.375 e. The Morgan fingerprint density at radius 1 is 1.57 bits per heavy atom. The highest BCUT2D eigenvalue weighted by Gasteiger charge is 2.35. The zero-order chi connectivity index (χ0) is 15.5. The number of rotatable bonds is 5. The van der Waals surface area contributed by atoms with Crippen molar-refractivity contribution >= 4 is 27.4 Å². The van der Waals surface area contributed by atoms with Crippen LogP contribution in [0.15, 0.2) is 16.7 Å². The van der Waals surface area contributed by atoms with Crippen molar-refractivity contribution in [3.8, 4) is 0 Å². The molecule has 6 nitrogen and oxygen atoms in total. The van der Waals surface area contributed by atoms with Gasteiger partial charge in [0, 0.05) is 29.4 Å². The quantitative estimate of drug-likeness (QED) is 0.638. The third-order valence-electron chi connectivity index (χ3n) is 4.15. The summed E-state index contributed by atoms with van der Waals surface area (Å²) in [5, 5.41) is 14.4. The van der Waals surface area contributed by atoms with Gasteiger partial charge in [-0.05, 0) is 41.6 Å². The van der Waals surface area contributed by atoms with Crippen molar-refractivity contribution < 1.29 is 9.66 Å². The molecule has 1 aromatic rings. The predicted molar refractivity (Wildman–Crippen MR) is 84.5 cm³/mol. The van der Waals surface area contributed by atoms with E-state index in [1.54, 1.807) is 6.20 Å². The van der Waals surface area contributed by atoms with Crippen LogP contribution in [0, 0.1) is 10.1 Å². The second kappa shape index (κ2) is 6.70. The molecule has 0 radical (unpaired) electrons. The van der Waals surface area contributed by atoms with Crippen molar-refractivity contribution in [1.82, 2.24) is 4.98 Å². The summed E-state index contributed by atoms with van der Waals surface area (Å²) in [6, 6.07) is 1.62. The molecule has 116 valence electrons. The largest absolute Gasteiger partial charge is 0.375 e. The molecule has 0 saturated carbocycles. The lowest BCUT2D eigenvalue weighted by Crippen LogP contribution is -2.43. The fourth-order valence-corrected chi connectivity index (χ4v) is 3.09. The molecule has 21 heavy (non-hydrogen) atoms. The van der Waals surface area contributed by atoms with Gasteiger partial charge < -0.3 is 10.1 Å². The second-order valence-electron chi connectivity index (χ2n) is 5.35. The number of nitro groups is 1. The zero-order valence-corrected chi connectivity index (χ0v) is 13.9. The minimum atomic E-state index is -0.410. The van der Waals surface area contributed by atoms with E-state index in [0.29, 0.717) is 16.9 Å². The fraction of sp³-hybridized carbons (Fsp3) is 0.643. The van der Waals surface area contributed by atoms with E-state index in [1.807, 2.05) is 0 Å². The Morgan fingerprint density at radius 2 is 2.29 bits per heavy atom. The van der Waals surface area contributed by atoms with Gasteiger partial charge in [-0.1, -0.05) is 13.8 Å². The molecule has 1 N–H and O–H groups in total. The fourth-order valence-electron chi connectivity index (χ4n) is 2.77. The third-order valence-corrected chi connectivity index (χ3v) is 4.59. The first-order valence-electron chi connectivity index (χ1n) is 7.20. The molecule has 2 rings (SSSR count). The maximum absolute atomic E-state index is 11.1. The molecule has 1 atom stereocenters. The van der Waals surface area contributed by atoms with Gasteiger partial charge in [0.1, 0.15) is 0 Å². The highest BCUT2D eigenvalue weighted by atomic mass is 79.9. The molecule has 1 aromatic heterocycles. The Hall–Kier alpha value is -1.21. The summed E-state index contributed by atoms with van der Waals surface area (Å²) < 4.78 is 6.53. The molecule has 0 aliphatic carbocycles. The number of pyridine rings is 1. The first-order valence-corrected chi connectivity index (χ1v) is 7.99. The van der Waals surface area contributed by atoms with E-state index in [0.717, 1.165) is 25.7 Å². The average Bonchev–Trinajstić information content (AvgIpc) is 2.49. The maximum Gasteiger partial charge on any atom is 0.312 e. The molecule has 1 fully saturated rings. The van der Waals surface area contributed by atoms with Crippen LogP contribution in [0.5, 0.6) is 0 Å². The number of anilines is 1. The van der Waals surface area contributed by atoms with Crippen LogP contribution in [0.25, 0.3) is 0 Å². The van der Waals surface area contributed by atoms with Crippen LogP contribution in [-0.4, -0.2) is 28.2 Å². The number of nitrogens with zero attached hydrogens (tertiary/aromatic N) is 2. The first-order chi connectivity index (χ1) is 9.99. The number of nitrogens with one attached hydrogen (secondary N) is 1. The number of hydrogen-bond acceptors (Lipinski definition) is 5. The number of aromatic nitrogens is 1. The number of ether oxygens (including phenoxy) is 1. The monoisotopic (exact) mass is 357 g/mol. The molecule has 1 unspecified atom stereocenters. The van der Waals surface area contributed by atoms with Gasteiger partial charge in [0.05, 0.1) is 10.5 Å². The van der Waals surface area contributed by atoms with Gasteiger partial charge in [-0.25, -0.2) is 4.98 Å². The summed E-state index contributed by atoms with van der Waals surface area (Å²) in [5.74, 6) is 0.330. The lowest BCUT2D eigenvalue weighted by molar-refractivity contribution is -0.384. The summed E-state index contributed by atoms with van der Waals surface area (Å²) >= 11 is 3.22. The highest BCUT2D eigenvalue weighted by Crippen LogP contribution is 2.34. The maximum atomic E-state index is 11.1. The summed E-state index contributed by atoms with van der Waals surface area (Å²) in [7, 11) is 0. The van der Waals surface area contributed by atoms with Gasteiger partial charge in [0.25, 0.3) is 0 Å². The topological polar surface area (TPSA) is 77.3 Å². The molecule has 0 bridgehead atoms.